The van der Waals surface area contributed by atoms with Gasteiger partial charge in [0.25, 0.3) is 5.91 Å². The van der Waals surface area contributed by atoms with Gasteiger partial charge in [0.2, 0.25) is 10.0 Å². The highest BCUT2D eigenvalue weighted by Gasteiger charge is 2.24. The van der Waals surface area contributed by atoms with E-state index in [1.54, 1.807) is 19.1 Å². The summed E-state index contributed by atoms with van der Waals surface area (Å²) >= 11 is 0. The number of carbonyl (C=O) groups is 1. The molecule has 1 amide bonds. The van der Waals surface area contributed by atoms with Crippen LogP contribution in [0.1, 0.15) is 56.0 Å². The fourth-order valence-corrected chi connectivity index (χ4v) is 5.53. The summed E-state index contributed by atoms with van der Waals surface area (Å²) in [5, 5.41) is 2.93. The molecule has 1 unspecified atom stereocenters. The molecule has 0 aromatic heterocycles. The van der Waals surface area contributed by atoms with Gasteiger partial charge in [-0.2, -0.15) is 4.31 Å². The number of nitrogens with zero attached hydrogens (tertiary/aromatic N) is 2. The minimum absolute atomic E-state index is 0.214. The average molecular weight is 410 g/mol. The lowest BCUT2D eigenvalue weighted by Gasteiger charge is -2.30. The van der Waals surface area contributed by atoms with Crippen LogP contribution in [0.4, 0.5) is 0 Å². The summed E-state index contributed by atoms with van der Waals surface area (Å²) in [4.78, 5) is 15.2. The second kappa shape index (κ2) is 10.4. The summed E-state index contributed by atoms with van der Waals surface area (Å²) in [6.45, 7) is 12.4. The van der Waals surface area contributed by atoms with Crippen molar-refractivity contribution >= 4 is 15.9 Å². The molecule has 158 valence electrons. The van der Waals surface area contributed by atoms with Gasteiger partial charge in [-0.1, -0.05) is 26.8 Å². The standard InChI is InChI=1S/C21H35N3O3S/c1-5-24(6-2)28(26,27)20-15-19(11-10-18(20)4)21(25)22-12-8-14-23-13-7-9-17(3)16-23/h10-11,15,17H,5-9,12-14,16H2,1-4H3,(H,22,25). The average Bonchev–Trinajstić information content (AvgIpc) is 2.66. The molecule has 1 saturated heterocycles. The van der Waals surface area contributed by atoms with E-state index in [1.807, 2.05) is 13.8 Å². The van der Waals surface area contributed by atoms with E-state index >= 15 is 0 Å². The first kappa shape index (κ1) is 22.8. The molecule has 1 heterocycles. The normalized spacial score (nSPS) is 18.4. The Morgan fingerprint density at radius 1 is 1.29 bits per heavy atom. The van der Waals surface area contributed by atoms with Gasteiger partial charge >= 0.3 is 0 Å². The number of hydrogen-bond donors (Lipinski definition) is 1. The third-order valence-electron chi connectivity index (χ3n) is 5.45. The van der Waals surface area contributed by atoms with Crippen molar-refractivity contribution in [2.45, 2.75) is 51.9 Å². The number of carbonyl (C=O) groups excluding carboxylic acids is 1. The Hall–Kier alpha value is -1.44. The number of rotatable bonds is 9. The summed E-state index contributed by atoms with van der Waals surface area (Å²) in [5.41, 5.74) is 1.05. The van der Waals surface area contributed by atoms with Gasteiger partial charge in [-0.15, -0.1) is 0 Å². The van der Waals surface area contributed by atoms with Crippen LogP contribution in [-0.2, 0) is 10.0 Å². The zero-order valence-electron chi connectivity index (χ0n) is 17.7. The van der Waals surface area contributed by atoms with Crippen LogP contribution in [0.5, 0.6) is 0 Å². The molecule has 1 fully saturated rings. The maximum atomic E-state index is 12.8. The molecule has 2 rings (SSSR count). The highest BCUT2D eigenvalue weighted by Crippen LogP contribution is 2.21. The molecule has 1 aromatic carbocycles. The van der Waals surface area contributed by atoms with Crippen LogP contribution in [0.15, 0.2) is 23.1 Å². The fraction of sp³-hybridized carbons (Fsp3) is 0.667. The number of hydrogen-bond acceptors (Lipinski definition) is 4. The molecule has 0 spiro atoms. The molecule has 28 heavy (non-hydrogen) atoms. The topological polar surface area (TPSA) is 69.7 Å². The number of sulfonamides is 1. The van der Waals surface area contributed by atoms with Gasteiger partial charge in [0.05, 0.1) is 4.90 Å². The van der Waals surface area contributed by atoms with E-state index in [-0.39, 0.29) is 10.8 Å². The van der Waals surface area contributed by atoms with Gasteiger partial charge in [0.15, 0.2) is 0 Å². The van der Waals surface area contributed by atoms with E-state index in [0.717, 1.165) is 32.0 Å². The lowest BCUT2D eigenvalue weighted by molar-refractivity contribution is 0.0950. The van der Waals surface area contributed by atoms with Crippen molar-refractivity contribution in [2.24, 2.45) is 5.92 Å². The van der Waals surface area contributed by atoms with Crippen molar-refractivity contribution in [1.82, 2.24) is 14.5 Å². The highest BCUT2D eigenvalue weighted by molar-refractivity contribution is 7.89. The molecule has 1 aliphatic heterocycles. The largest absolute Gasteiger partial charge is 0.352 e. The van der Waals surface area contributed by atoms with Crippen LogP contribution < -0.4 is 5.32 Å². The number of likely N-dealkylation sites (tertiary alicyclic amines) is 1. The van der Waals surface area contributed by atoms with E-state index < -0.39 is 10.0 Å². The zero-order valence-corrected chi connectivity index (χ0v) is 18.5. The number of nitrogens with one attached hydrogen (secondary N) is 1. The predicted octanol–water partition coefficient (Wildman–Crippen LogP) is 2.88. The van der Waals surface area contributed by atoms with Gasteiger partial charge in [-0.25, -0.2) is 8.42 Å². The zero-order chi connectivity index (χ0) is 20.7. The second-order valence-electron chi connectivity index (χ2n) is 7.73. The van der Waals surface area contributed by atoms with E-state index in [2.05, 4.69) is 17.1 Å². The summed E-state index contributed by atoms with van der Waals surface area (Å²) < 4.78 is 27.1. The lowest BCUT2D eigenvalue weighted by atomic mass is 10.0. The first-order valence-corrected chi connectivity index (χ1v) is 11.8. The molecule has 6 nitrogen and oxygen atoms in total. The highest BCUT2D eigenvalue weighted by atomic mass is 32.2. The van der Waals surface area contributed by atoms with Gasteiger partial charge in [0.1, 0.15) is 0 Å². The van der Waals surface area contributed by atoms with E-state index in [4.69, 9.17) is 0 Å². The molecule has 1 aliphatic rings. The summed E-state index contributed by atoms with van der Waals surface area (Å²) in [6, 6.07) is 4.91. The Kier molecular flexibility index (Phi) is 8.46. The first-order chi connectivity index (χ1) is 13.3. The van der Waals surface area contributed by atoms with Crippen molar-refractivity contribution in [2.75, 3.05) is 39.3 Å². The van der Waals surface area contributed by atoms with Crippen molar-refractivity contribution in [3.8, 4) is 0 Å². The Morgan fingerprint density at radius 3 is 2.64 bits per heavy atom. The Bertz CT molecular complexity index is 760. The summed E-state index contributed by atoms with van der Waals surface area (Å²) in [7, 11) is -3.59. The Morgan fingerprint density at radius 2 is 2.00 bits per heavy atom. The van der Waals surface area contributed by atoms with Crippen LogP contribution in [0, 0.1) is 12.8 Å². The van der Waals surface area contributed by atoms with Gasteiger partial charge in [-0.05, 0) is 62.9 Å². The van der Waals surface area contributed by atoms with Crippen LogP contribution >= 0.6 is 0 Å². The molecule has 0 aliphatic carbocycles. The number of amides is 1. The van der Waals surface area contributed by atoms with Gasteiger partial charge in [-0.3, -0.25) is 4.79 Å². The monoisotopic (exact) mass is 409 g/mol. The van der Waals surface area contributed by atoms with Crippen molar-refractivity contribution in [1.29, 1.82) is 0 Å². The minimum Gasteiger partial charge on any atom is -0.352 e. The van der Waals surface area contributed by atoms with Gasteiger partial charge < -0.3 is 10.2 Å². The van der Waals surface area contributed by atoms with E-state index in [1.165, 1.54) is 23.2 Å². The minimum atomic E-state index is -3.59. The molecule has 0 radical (unpaired) electrons. The van der Waals surface area contributed by atoms with E-state index in [9.17, 15) is 13.2 Å². The molecule has 0 bridgehead atoms. The van der Waals surface area contributed by atoms with Gasteiger partial charge in [0, 0.05) is 31.7 Å². The molecule has 1 atom stereocenters. The first-order valence-electron chi connectivity index (χ1n) is 10.4. The van der Waals surface area contributed by atoms with E-state index in [0.29, 0.717) is 30.8 Å². The van der Waals surface area contributed by atoms with Crippen molar-refractivity contribution in [3.05, 3.63) is 29.3 Å². The third kappa shape index (κ3) is 5.78. The fourth-order valence-electron chi connectivity index (χ4n) is 3.82. The van der Waals surface area contributed by atoms with Crippen molar-refractivity contribution in [3.63, 3.8) is 0 Å². The predicted molar refractivity (Wildman–Crippen MR) is 113 cm³/mol. The smallest absolute Gasteiger partial charge is 0.251 e. The second-order valence-corrected chi connectivity index (χ2v) is 9.63. The molecule has 1 aromatic rings. The number of benzene rings is 1. The van der Waals surface area contributed by atoms with Crippen LogP contribution in [-0.4, -0.2) is 62.8 Å². The van der Waals surface area contributed by atoms with Crippen LogP contribution in [0.3, 0.4) is 0 Å². The maximum absolute atomic E-state index is 12.8. The molecular weight excluding hydrogens is 374 g/mol. The Balaban J connectivity index is 1.96. The quantitative estimate of drug-likeness (QED) is 0.637. The Labute approximate surface area is 170 Å². The third-order valence-corrected chi connectivity index (χ3v) is 7.64. The SMILES string of the molecule is CCN(CC)S(=O)(=O)c1cc(C(=O)NCCCN2CCCC(C)C2)ccc1C. The number of aryl methyl sites for hydroxylation is 1. The number of piperidine rings is 1. The molecule has 7 heteroatoms. The summed E-state index contributed by atoms with van der Waals surface area (Å²) in [5.74, 6) is 0.532. The van der Waals surface area contributed by atoms with Crippen LogP contribution in [0.25, 0.3) is 0 Å². The van der Waals surface area contributed by atoms with Crippen LogP contribution in [0.2, 0.25) is 0 Å². The lowest BCUT2D eigenvalue weighted by Crippen LogP contribution is -2.36. The molecule has 0 saturated carbocycles. The summed E-state index contributed by atoms with van der Waals surface area (Å²) in [6.07, 6.45) is 3.45. The van der Waals surface area contributed by atoms with Crippen molar-refractivity contribution < 1.29 is 13.2 Å². The maximum Gasteiger partial charge on any atom is 0.251 e. The molecular formula is C21H35N3O3S. The molecule has 1 N–H and O–H groups in total.